The number of benzene rings is 1. The average molecular weight is 318 g/mol. The van der Waals surface area contributed by atoms with E-state index in [0.717, 1.165) is 26.2 Å². The number of carbonyl (C=O) groups is 2. The van der Waals surface area contributed by atoms with E-state index in [-0.39, 0.29) is 17.4 Å². The number of rotatable bonds is 3. The molecule has 0 radical (unpaired) electrons. The van der Waals surface area contributed by atoms with Crippen LogP contribution in [0.25, 0.3) is 0 Å². The largest absolute Gasteiger partial charge is 0.347 e. The van der Waals surface area contributed by atoms with Gasteiger partial charge in [-0.1, -0.05) is 12.1 Å². The Bertz CT molecular complexity index is 572. The van der Waals surface area contributed by atoms with Crippen LogP contribution in [0, 0.1) is 0 Å². The van der Waals surface area contributed by atoms with E-state index in [1.807, 2.05) is 25.8 Å². The summed E-state index contributed by atoms with van der Waals surface area (Å²) in [7, 11) is 2.06. The number of piperazine rings is 1. The van der Waals surface area contributed by atoms with Crippen LogP contribution in [0.15, 0.2) is 24.3 Å². The van der Waals surface area contributed by atoms with Gasteiger partial charge in [0.25, 0.3) is 11.8 Å². The van der Waals surface area contributed by atoms with Gasteiger partial charge in [0.15, 0.2) is 0 Å². The lowest BCUT2D eigenvalue weighted by atomic mass is 10.0. The molecular formula is C17H26N4O2. The summed E-state index contributed by atoms with van der Waals surface area (Å²) in [5.41, 5.74) is 3.35. The van der Waals surface area contributed by atoms with Gasteiger partial charge in [0.1, 0.15) is 0 Å². The summed E-state index contributed by atoms with van der Waals surface area (Å²) < 4.78 is 0. The number of carbonyl (C=O) groups excluding carboxylic acids is 2. The van der Waals surface area contributed by atoms with Crippen molar-refractivity contribution in [3.8, 4) is 0 Å². The molecule has 23 heavy (non-hydrogen) atoms. The van der Waals surface area contributed by atoms with Crippen LogP contribution in [0.4, 0.5) is 0 Å². The van der Waals surface area contributed by atoms with Crippen LogP contribution in [0.3, 0.4) is 0 Å². The summed E-state index contributed by atoms with van der Waals surface area (Å²) in [5.74, 6) is -0.476. The second kappa shape index (κ2) is 7.10. The lowest BCUT2D eigenvalue weighted by molar-refractivity contribution is 0.0658. The van der Waals surface area contributed by atoms with E-state index in [0.29, 0.717) is 11.1 Å². The molecule has 1 aromatic carbocycles. The minimum Gasteiger partial charge on any atom is -0.347 e. The van der Waals surface area contributed by atoms with Crippen molar-refractivity contribution in [1.29, 1.82) is 0 Å². The van der Waals surface area contributed by atoms with Crippen molar-refractivity contribution in [2.75, 3.05) is 33.2 Å². The zero-order valence-corrected chi connectivity index (χ0v) is 14.3. The topological polar surface area (TPSA) is 64.7 Å². The fourth-order valence-corrected chi connectivity index (χ4v) is 2.41. The first kappa shape index (κ1) is 17.4. The first-order valence-electron chi connectivity index (χ1n) is 7.92. The quantitative estimate of drug-likeness (QED) is 0.876. The molecule has 6 nitrogen and oxygen atoms in total. The highest BCUT2D eigenvalue weighted by Gasteiger charge is 2.22. The summed E-state index contributed by atoms with van der Waals surface area (Å²) in [6.07, 6.45) is 0. The molecule has 0 spiro atoms. The van der Waals surface area contributed by atoms with Gasteiger partial charge in [0, 0.05) is 31.7 Å². The van der Waals surface area contributed by atoms with Gasteiger partial charge in [-0.15, -0.1) is 0 Å². The van der Waals surface area contributed by atoms with Crippen LogP contribution in [0.1, 0.15) is 41.5 Å². The van der Waals surface area contributed by atoms with Gasteiger partial charge in [-0.25, -0.2) is 5.01 Å². The zero-order chi connectivity index (χ0) is 17.0. The Kier molecular flexibility index (Phi) is 5.38. The van der Waals surface area contributed by atoms with Gasteiger partial charge in [0.05, 0.1) is 11.1 Å². The molecular weight excluding hydrogens is 292 g/mol. The molecule has 6 heteroatoms. The first-order valence-corrected chi connectivity index (χ1v) is 7.92. The molecule has 1 aliphatic rings. The third-order valence-electron chi connectivity index (χ3n) is 3.67. The molecule has 2 amide bonds. The number of likely N-dealkylation sites (N-methyl/N-ethyl adjacent to an activating group) is 1. The van der Waals surface area contributed by atoms with E-state index in [1.54, 1.807) is 24.3 Å². The highest BCUT2D eigenvalue weighted by atomic mass is 16.2. The van der Waals surface area contributed by atoms with E-state index in [2.05, 4.69) is 22.7 Å². The van der Waals surface area contributed by atoms with E-state index in [4.69, 9.17) is 0 Å². The van der Waals surface area contributed by atoms with Crippen LogP contribution in [0.5, 0.6) is 0 Å². The van der Waals surface area contributed by atoms with Crippen LogP contribution in [-0.2, 0) is 0 Å². The Labute approximate surface area is 137 Å². The molecule has 0 saturated carbocycles. The van der Waals surface area contributed by atoms with Crippen molar-refractivity contribution in [2.24, 2.45) is 0 Å². The molecule has 2 N–H and O–H groups in total. The molecule has 0 atom stereocenters. The second-order valence-corrected chi connectivity index (χ2v) is 6.98. The van der Waals surface area contributed by atoms with E-state index >= 15 is 0 Å². The van der Waals surface area contributed by atoms with Gasteiger partial charge in [-0.2, -0.15) is 0 Å². The van der Waals surface area contributed by atoms with Gasteiger partial charge >= 0.3 is 0 Å². The fourth-order valence-electron chi connectivity index (χ4n) is 2.41. The molecule has 1 fully saturated rings. The van der Waals surface area contributed by atoms with E-state index in [1.165, 1.54) is 0 Å². The zero-order valence-electron chi connectivity index (χ0n) is 14.3. The van der Waals surface area contributed by atoms with E-state index in [9.17, 15) is 9.59 Å². The van der Waals surface area contributed by atoms with Crippen molar-refractivity contribution in [3.05, 3.63) is 35.4 Å². The normalized spacial score (nSPS) is 16.9. The summed E-state index contributed by atoms with van der Waals surface area (Å²) in [4.78, 5) is 27.2. The number of hydrogen-bond donors (Lipinski definition) is 2. The standard InChI is InChI=1S/C17H26N4O2/c1-17(2,3)18-15(22)13-7-5-6-8-14(13)16(23)19-21-11-9-20(4)10-12-21/h5-8H,9-12H2,1-4H3,(H,18,22)(H,19,23). The molecule has 1 aliphatic heterocycles. The molecule has 2 rings (SSSR count). The molecule has 0 aliphatic carbocycles. The van der Waals surface area contributed by atoms with Crippen molar-refractivity contribution in [2.45, 2.75) is 26.3 Å². The predicted molar refractivity (Wildman–Crippen MR) is 90.2 cm³/mol. The molecule has 0 bridgehead atoms. The third kappa shape index (κ3) is 5.04. The summed E-state index contributed by atoms with van der Waals surface area (Å²) in [5, 5.41) is 4.80. The van der Waals surface area contributed by atoms with Crippen LogP contribution in [0.2, 0.25) is 0 Å². The molecule has 1 heterocycles. The first-order chi connectivity index (χ1) is 10.8. The fraction of sp³-hybridized carbons (Fsp3) is 0.529. The minimum atomic E-state index is -0.349. The third-order valence-corrected chi connectivity index (χ3v) is 3.67. The number of amides is 2. The average Bonchev–Trinajstić information content (AvgIpc) is 2.48. The van der Waals surface area contributed by atoms with Crippen molar-refractivity contribution >= 4 is 11.8 Å². The van der Waals surface area contributed by atoms with Gasteiger partial charge in [-0.3, -0.25) is 15.0 Å². The number of nitrogens with one attached hydrogen (secondary N) is 2. The molecule has 126 valence electrons. The number of nitrogens with zero attached hydrogens (tertiary/aromatic N) is 2. The van der Waals surface area contributed by atoms with Crippen molar-refractivity contribution in [1.82, 2.24) is 20.7 Å². The van der Waals surface area contributed by atoms with Gasteiger partial charge in [-0.05, 0) is 40.0 Å². The highest BCUT2D eigenvalue weighted by Crippen LogP contribution is 2.11. The molecule has 1 saturated heterocycles. The summed E-state index contributed by atoms with van der Waals surface area (Å²) in [6, 6.07) is 6.90. The highest BCUT2D eigenvalue weighted by molar-refractivity contribution is 6.07. The van der Waals surface area contributed by atoms with Crippen molar-refractivity contribution < 1.29 is 9.59 Å². The number of hydrazine groups is 1. The SMILES string of the molecule is CN1CCN(NC(=O)c2ccccc2C(=O)NC(C)(C)C)CC1. The predicted octanol–water partition coefficient (Wildman–Crippen LogP) is 1.11. The van der Waals surface area contributed by atoms with E-state index < -0.39 is 0 Å². The lowest BCUT2D eigenvalue weighted by Gasteiger charge is -2.32. The molecule has 0 aromatic heterocycles. The Morgan fingerprint density at radius 3 is 2.00 bits per heavy atom. The lowest BCUT2D eigenvalue weighted by Crippen LogP contribution is -2.52. The monoisotopic (exact) mass is 318 g/mol. The van der Waals surface area contributed by atoms with Gasteiger partial charge < -0.3 is 10.2 Å². The second-order valence-electron chi connectivity index (χ2n) is 6.98. The maximum Gasteiger partial charge on any atom is 0.266 e. The summed E-state index contributed by atoms with van der Waals surface area (Å²) >= 11 is 0. The maximum atomic E-state index is 12.5. The Hall–Kier alpha value is -1.92. The Morgan fingerprint density at radius 1 is 0.957 bits per heavy atom. The minimum absolute atomic E-state index is 0.235. The Balaban J connectivity index is 2.10. The maximum absolute atomic E-state index is 12.5. The number of hydrogen-bond acceptors (Lipinski definition) is 4. The smallest absolute Gasteiger partial charge is 0.266 e. The molecule has 1 aromatic rings. The van der Waals surface area contributed by atoms with Crippen LogP contribution >= 0.6 is 0 Å². The van der Waals surface area contributed by atoms with Crippen LogP contribution in [-0.4, -0.2) is 60.5 Å². The van der Waals surface area contributed by atoms with Crippen molar-refractivity contribution in [3.63, 3.8) is 0 Å². The summed E-state index contributed by atoms with van der Waals surface area (Å²) in [6.45, 7) is 9.11. The Morgan fingerprint density at radius 2 is 1.48 bits per heavy atom. The van der Waals surface area contributed by atoms with Crippen LogP contribution < -0.4 is 10.7 Å². The van der Waals surface area contributed by atoms with Gasteiger partial charge in [0.2, 0.25) is 0 Å². The molecule has 0 unspecified atom stereocenters.